The standard InChI is InChI=1S/C18H23NO6/c1-23-15(20)11-18(9-6-10-18)19(12-16(21)24-2)17(22)25-13-14-7-4-3-5-8-14/h3-5,7-8H,6,9-13H2,1-2H3. The van der Waals surface area contributed by atoms with Gasteiger partial charge in [-0.1, -0.05) is 30.3 Å². The van der Waals surface area contributed by atoms with E-state index >= 15 is 0 Å². The number of benzene rings is 1. The zero-order chi connectivity index (χ0) is 18.3. The lowest BCUT2D eigenvalue weighted by Crippen LogP contribution is -2.59. The first-order valence-corrected chi connectivity index (χ1v) is 8.13. The summed E-state index contributed by atoms with van der Waals surface area (Å²) >= 11 is 0. The Morgan fingerprint density at radius 3 is 2.20 bits per heavy atom. The molecule has 25 heavy (non-hydrogen) atoms. The largest absolute Gasteiger partial charge is 0.469 e. The maximum Gasteiger partial charge on any atom is 0.411 e. The Morgan fingerprint density at radius 1 is 1.04 bits per heavy atom. The summed E-state index contributed by atoms with van der Waals surface area (Å²) in [5, 5.41) is 0. The van der Waals surface area contributed by atoms with Crippen LogP contribution in [0.25, 0.3) is 0 Å². The third-order valence-electron chi connectivity index (χ3n) is 4.50. The Labute approximate surface area is 146 Å². The van der Waals surface area contributed by atoms with Crippen molar-refractivity contribution in [3.05, 3.63) is 35.9 Å². The highest BCUT2D eigenvalue weighted by molar-refractivity contribution is 5.80. The van der Waals surface area contributed by atoms with Crippen LogP contribution in [-0.4, -0.2) is 49.2 Å². The Morgan fingerprint density at radius 2 is 1.68 bits per heavy atom. The van der Waals surface area contributed by atoms with E-state index in [0.717, 1.165) is 12.0 Å². The van der Waals surface area contributed by atoms with E-state index in [-0.39, 0.29) is 19.6 Å². The summed E-state index contributed by atoms with van der Waals surface area (Å²) in [4.78, 5) is 37.4. The molecule has 0 spiro atoms. The molecule has 0 bridgehead atoms. The minimum Gasteiger partial charge on any atom is -0.469 e. The number of hydrogen-bond donors (Lipinski definition) is 0. The fourth-order valence-corrected chi connectivity index (χ4v) is 2.88. The lowest BCUT2D eigenvalue weighted by atomic mass is 9.73. The number of ether oxygens (including phenoxy) is 3. The molecule has 0 atom stereocenters. The number of amides is 1. The number of methoxy groups -OCH3 is 2. The molecular weight excluding hydrogens is 326 g/mol. The summed E-state index contributed by atoms with van der Waals surface area (Å²) in [5.74, 6) is -0.988. The van der Waals surface area contributed by atoms with Gasteiger partial charge in [-0.05, 0) is 24.8 Å². The van der Waals surface area contributed by atoms with E-state index in [9.17, 15) is 14.4 Å². The van der Waals surface area contributed by atoms with Crippen molar-refractivity contribution in [2.24, 2.45) is 0 Å². The molecule has 1 aromatic rings. The van der Waals surface area contributed by atoms with Crippen LogP contribution in [-0.2, 0) is 30.4 Å². The maximum atomic E-state index is 12.6. The van der Waals surface area contributed by atoms with Gasteiger partial charge in [0.05, 0.1) is 26.2 Å². The number of carbonyl (C=O) groups excluding carboxylic acids is 3. The van der Waals surface area contributed by atoms with Crippen molar-refractivity contribution in [2.45, 2.75) is 37.8 Å². The maximum absolute atomic E-state index is 12.6. The van der Waals surface area contributed by atoms with E-state index in [0.29, 0.717) is 12.8 Å². The van der Waals surface area contributed by atoms with Gasteiger partial charge in [-0.2, -0.15) is 0 Å². The van der Waals surface area contributed by atoms with Crippen LogP contribution in [0.4, 0.5) is 4.79 Å². The molecule has 0 heterocycles. The molecule has 0 radical (unpaired) electrons. The first kappa shape index (κ1) is 18.8. The van der Waals surface area contributed by atoms with Gasteiger partial charge in [0.25, 0.3) is 0 Å². The second kappa shape index (κ2) is 8.50. The first-order valence-electron chi connectivity index (χ1n) is 8.13. The van der Waals surface area contributed by atoms with E-state index < -0.39 is 23.6 Å². The molecule has 2 rings (SSSR count). The third kappa shape index (κ3) is 4.71. The number of rotatable bonds is 7. The smallest absolute Gasteiger partial charge is 0.411 e. The Bertz CT molecular complexity index is 611. The van der Waals surface area contributed by atoms with E-state index in [4.69, 9.17) is 9.47 Å². The van der Waals surface area contributed by atoms with Crippen molar-refractivity contribution in [3.63, 3.8) is 0 Å². The average molecular weight is 349 g/mol. The van der Waals surface area contributed by atoms with Crippen molar-refractivity contribution in [3.8, 4) is 0 Å². The van der Waals surface area contributed by atoms with Crippen LogP contribution in [0, 0.1) is 0 Å². The number of nitrogens with zero attached hydrogens (tertiary/aromatic N) is 1. The monoisotopic (exact) mass is 349 g/mol. The zero-order valence-electron chi connectivity index (χ0n) is 14.5. The van der Waals surface area contributed by atoms with Gasteiger partial charge in [0.15, 0.2) is 0 Å². The molecule has 0 saturated heterocycles. The van der Waals surface area contributed by atoms with Gasteiger partial charge in [-0.15, -0.1) is 0 Å². The third-order valence-corrected chi connectivity index (χ3v) is 4.50. The fraction of sp³-hybridized carbons (Fsp3) is 0.500. The average Bonchev–Trinajstić information content (AvgIpc) is 2.61. The molecule has 1 aliphatic carbocycles. The topological polar surface area (TPSA) is 82.1 Å². The second-order valence-corrected chi connectivity index (χ2v) is 6.03. The Hall–Kier alpha value is -2.57. The van der Waals surface area contributed by atoms with E-state index in [1.165, 1.54) is 19.1 Å². The Kier molecular flexibility index (Phi) is 6.38. The van der Waals surface area contributed by atoms with Gasteiger partial charge in [0.2, 0.25) is 0 Å². The van der Waals surface area contributed by atoms with Crippen molar-refractivity contribution in [1.29, 1.82) is 0 Å². The number of esters is 2. The van der Waals surface area contributed by atoms with Crippen LogP contribution in [0.1, 0.15) is 31.2 Å². The highest BCUT2D eigenvalue weighted by Crippen LogP contribution is 2.41. The molecule has 0 aromatic heterocycles. The quantitative estimate of drug-likeness (QED) is 0.555. The molecule has 0 N–H and O–H groups in total. The number of hydrogen-bond acceptors (Lipinski definition) is 6. The summed E-state index contributed by atoms with van der Waals surface area (Å²) in [5.41, 5.74) is 0.0826. The molecule has 0 unspecified atom stereocenters. The molecule has 7 heteroatoms. The Balaban J connectivity index is 2.12. The van der Waals surface area contributed by atoms with Crippen LogP contribution in [0.15, 0.2) is 30.3 Å². The highest BCUT2D eigenvalue weighted by Gasteiger charge is 2.48. The predicted molar refractivity (Wildman–Crippen MR) is 88.6 cm³/mol. The van der Waals surface area contributed by atoms with Gasteiger partial charge in [0.1, 0.15) is 13.2 Å². The zero-order valence-corrected chi connectivity index (χ0v) is 14.5. The molecule has 0 aliphatic heterocycles. The number of carbonyl (C=O) groups is 3. The highest BCUT2D eigenvalue weighted by atomic mass is 16.6. The molecule has 1 saturated carbocycles. The first-order chi connectivity index (χ1) is 12.0. The normalized spacial score (nSPS) is 14.8. The van der Waals surface area contributed by atoms with Crippen LogP contribution in [0.5, 0.6) is 0 Å². The van der Waals surface area contributed by atoms with Gasteiger partial charge >= 0.3 is 18.0 Å². The van der Waals surface area contributed by atoms with Gasteiger partial charge in [-0.3, -0.25) is 14.5 Å². The summed E-state index contributed by atoms with van der Waals surface area (Å²) in [6, 6.07) is 9.24. The summed E-state index contributed by atoms with van der Waals surface area (Å²) < 4.78 is 14.8. The molecule has 1 amide bonds. The van der Waals surface area contributed by atoms with Gasteiger partial charge < -0.3 is 14.2 Å². The summed E-state index contributed by atoms with van der Waals surface area (Å²) in [7, 11) is 2.55. The van der Waals surface area contributed by atoms with Crippen molar-refractivity contribution in [2.75, 3.05) is 20.8 Å². The summed E-state index contributed by atoms with van der Waals surface area (Å²) in [6.45, 7) is -0.174. The van der Waals surface area contributed by atoms with E-state index in [2.05, 4.69) is 4.74 Å². The van der Waals surface area contributed by atoms with E-state index in [1.807, 2.05) is 30.3 Å². The molecule has 1 aromatic carbocycles. The van der Waals surface area contributed by atoms with Crippen LogP contribution < -0.4 is 0 Å². The summed E-state index contributed by atoms with van der Waals surface area (Å²) in [6.07, 6.45) is 1.47. The van der Waals surface area contributed by atoms with Crippen LogP contribution in [0.2, 0.25) is 0 Å². The predicted octanol–water partition coefficient (Wildman–Crippen LogP) is 2.28. The van der Waals surface area contributed by atoms with Crippen molar-refractivity contribution >= 4 is 18.0 Å². The minimum absolute atomic E-state index is 0.0287. The van der Waals surface area contributed by atoms with Crippen molar-refractivity contribution < 1.29 is 28.6 Å². The molecule has 7 nitrogen and oxygen atoms in total. The van der Waals surface area contributed by atoms with E-state index in [1.54, 1.807) is 0 Å². The van der Waals surface area contributed by atoms with Crippen LogP contribution >= 0.6 is 0 Å². The van der Waals surface area contributed by atoms with Gasteiger partial charge in [-0.25, -0.2) is 4.79 Å². The molecule has 1 fully saturated rings. The second-order valence-electron chi connectivity index (χ2n) is 6.03. The van der Waals surface area contributed by atoms with Crippen molar-refractivity contribution in [1.82, 2.24) is 4.90 Å². The fourth-order valence-electron chi connectivity index (χ4n) is 2.88. The van der Waals surface area contributed by atoms with Crippen LogP contribution in [0.3, 0.4) is 0 Å². The molecule has 1 aliphatic rings. The van der Waals surface area contributed by atoms with Gasteiger partial charge in [0, 0.05) is 0 Å². The minimum atomic E-state index is -0.755. The lowest BCUT2D eigenvalue weighted by Gasteiger charge is -2.48. The SMILES string of the molecule is COC(=O)CN(C(=O)OCc1ccccc1)C1(CC(=O)OC)CCC1. The lowest BCUT2D eigenvalue weighted by molar-refractivity contribution is -0.150. The molecule has 136 valence electrons. The molecular formula is C18H23NO6.